The highest BCUT2D eigenvalue weighted by Crippen LogP contribution is 2.21. The molecule has 0 aliphatic carbocycles. The van der Waals surface area contributed by atoms with Crippen LogP contribution >= 0.6 is 0 Å². The number of carboxylic acid groups (broad SMARTS) is 1. The Morgan fingerprint density at radius 2 is 1.95 bits per heavy atom. The molecule has 0 bridgehead atoms. The minimum atomic E-state index is -1.02. The molecule has 2 rings (SSSR count). The van der Waals surface area contributed by atoms with Gasteiger partial charge < -0.3 is 9.84 Å². The molecule has 0 unspecified atom stereocenters. The van der Waals surface area contributed by atoms with E-state index in [1.54, 1.807) is 13.0 Å². The molecule has 1 N–H and O–H groups in total. The van der Waals surface area contributed by atoms with Gasteiger partial charge in [0.25, 0.3) is 0 Å². The zero-order valence-corrected chi connectivity index (χ0v) is 10.9. The van der Waals surface area contributed by atoms with Gasteiger partial charge in [0, 0.05) is 5.69 Å². The minimum Gasteiger partial charge on any atom is -0.477 e. The molecule has 0 radical (unpaired) electrons. The summed E-state index contributed by atoms with van der Waals surface area (Å²) in [5, 5.41) is 9.21. The molecule has 1 aromatic carbocycles. The lowest BCUT2D eigenvalue weighted by Crippen LogP contribution is -2.08. The number of aryl methyl sites for hydroxylation is 2. The van der Waals surface area contributed by atoms with Crippen LogP contribution in [0.25, 0.3) is 0 Å². The van der Waals surface area contributed by atoms with E-state index < -0.39 is 5.97 Å². The maximum absolute atomic E-state index is 11.2. The second kappa shape index (κ2) is 5.52. The highest BCUT2D eigenvalue weighted by molar-refractivity contribution is 5.91. The maximum atomic E-state index is 11.2. The molecule has 4 nitrogen and oxygen atoms in total. The summed E-state index contributed by atoms with van der Waals surface area (Å²) in [4.78, 5) is 15.4. The average Bonchev–Trinajstić information content (AvgIpc) is 2.36. The summed E-state index contributed by atoms with van der Waals surface area (Å²) in [6.45, 7) is 3.86. The topological polar surface area (TPSA) is 59.4 Å². The molecule has 1 aromatic heterocycles. The molecule has 98 valence electrons. The van der Waals surface area contributed by atoms with Crippen molar-refractivity contribution in [2.75, 3.05) is 0 Å². The minimum absolute atomic E-state index is 0.126. The predicted octanol–water partition coefficient (Wildman–Crippen LogP) is 2.98. The van der Waals surface area contributed by atoms with Gasteiger partial charge in [-0.05, 0) is 31.0 Å². The molecule has 2 aromatic rings. The van der Waals surface area contributed by atoms with Crippen LogP contribution in [-0.4, -0.2) is 16.1 Å². The molecular formula is C15H15NO3. The molecule has 0 saturated carbocycles. The molecular weight excluding hydrogens is 242 g/mol. The summed E-state index contributed by atoms with van der Waals surface area (Å²) in [6, 6.07) is 11.3. The number of aromatic nitrogens is 1. The van der Waals surface area contributed by atoms with Crippen LogP contribution in [0.5, 0.6) is 5.88 Å². The largest absolute Gasteiger partial charge is 0.477 e. The third-order valence-corrected chi connectivity index (χ3v) is 2.74. The van der Waals surface area contributed by atoms with E-state index in [2.05, 4.69) is 4.98 Å². The van der Waals surface area contributed by atoms with Gasteiger partial charge in [0.1, 0.15) is 12.2 Å². The lowest BCUT2D eigenvalue weighted by molar-refractivity contribution is 0.0689. The van der Waals surface area contributed by atoms with E-state index in [-0.39, 0.29) is 11.4 Å². The quantitative estimate of drug-likeness (QED) is 0.914. The van der Waals surface area contributed by atoms with Crippen molar-refractivity contribution in [2.45, 2.75) is 20.5 Å². The van der Waals surface area contributed by atoms with Crippen molar-refractivity contribution in [2.24, 2.45) is 0 Å². The molecule has 0 spiro atoms. The van der Waals surface area contributed by atoms with Gasteiger partial charge in [-0.3, -0.25) is 0 Å². The number of hydrogen-bond donors (Lipinski definition) is 1. The summed E-state index contributed by atoms with van der Waals surface area (Å²) in [5.41, 5.74) is 2.50. The zero-order chi connectivity index (χ0) is 13.8. The fraction of sp³-hybridized carbons (Fsp3) is 0.200. The van der Waals surface area contributed by atoms with Crippen LogP contribution in [0, 0.1) is 13.8 Å². The Morgan fingerprint density at radius 3 is 2.58 bits per heavy atom. The Kier molecular flexibility index (Phi) is 3.80. The van der Waals surface area contributed by atoms with E-state index >= 15 is 0 Å². The number of hydrogen-bond acceptors (Lipinski definition) is 3. The van der Waals surface area contributed by atoms with Gasteiger partial charge >= 0.3 is 5.97 Å². The van der Waals surface area contributed by atoms with Crippen molar-refractivity contribution >= 4 is 5.97 Å². The number of carboxylic acids is 1. The number of nitrogens with zero attached hydrogens (tertiary/aromatic N) is 1. The maximum Gasteiger partial charge on any atom is 0.341 e. The van der Waals surface area contributed by atoms with Gasteiger partial charge in [-0.1, -0.05) is 30.3 Å². The third kappa shape index (κ3) is 3.10. The first kappa shape index (κ1) is 13.1. The van der Waals surface area contributed by atoms with Gasteiger partial charge in [0.15, 0.2) is 0 Å². The summed E-state index contributed by atoms with van der Waals surface area (Å²) >= 11 is 0. The van der Waals surface area contributed by atoms with Crippen LogP contribution in [0.15, 0.2) is 36.4 Å². The Balaban J connectivity index is 2.27. The van der Waals surface area contributed by atoms with Crippen molar-refractivity contribution in [1.29, 1.82) is 0 Å². The van der Waals surface area contributed by atoms with Crippen molar-refractivity contribution in [3.05, 3.63) is 58.8 Å². The van der Waals surface area contributed by atoms with Crippen LogP contribution in [0.1, 0.15) is 27.2 Å². The SMILES string of the molecule is Cc1cc(C)c(C(=O)O)c(OCc2ccccc2)n1. The fourth-order valence-corrected chi connectivity index (χ4v) is 1.89. The van der Waals surface area contributed by atoms with E-state index in [9.17, 15) is 9.90 Å². The van der Waals surface area contributed by atoms with Gasteiger partial charge in [-0.25, -0.2) is 9.78 Å². The first-order valence-electron chi connectivity index (χ1n) is 5.96. The molecule has 0 aliphatic rings. The highest BCUT2D eigenvalue weighted by Gasteiger charge is 2.17. The van der Waals surface area contributed by atoms with Gasteiger partial charge in [0.05, 0.1) is 0 Å². The highest BCUT2D eigenvalue weighted by atomic mass is 16.5. The Bertz CT molecular complexity index is 594. The number of benzene rings is 1. The molecule has 0 amide bonds. The van der Waals surface area contributed by atoms with E-state index in [1.165, 1.54) is 0 Å². The number of aromatic carboxylic acids is 1. The molecule has 0 aliphatic heterocycles. The second-order valence-electron chi connectivity index (χ2n) is 4.34. The Hall–Kier alpha value is -2.36. The van der Waals surface area contributed by atoms with Crippen molar-refractivity contribution in [1.82, 2.24) is 4.98 Å². The standard InChI is InChI=1S/C15H15NO3/c1-10-8-11(2)16-14(13(10)15(17)18)19-9-12-6-4-3-5-7-12/h3-8H,9H2,1-2H3,(H,17,18). The number of ether oxygens (including phenoxy) is 1. The van der Waals surface area contributed by atoms with Crippen LogP contribution in [0.3, 0.4) is 0 Å². The molecule has 19 heavy (non-hydrogen) atoms. The van der Waals surface area contributed by atoms with E-state index in [4.69, 9.17) is 4.74 Å². The third-order valence-electron chi connectivity index (χ3n) is 2.74. The summed E-state index contributed by atoms with van der Waals surface area (Å²) in [6.07, 6.45) is 0. The van der Waals surface area contributed by atoms with Crippen LogP contribution < -0.4 is 4.74 Å². The monoisotopic (exact) mass is 257 g/mol. The van der Waals surface area contributed by atoms with Crippen LogP contribution in [-0.2, 0) is 6.61 Å². The number of pyridine rings is 1. The molecule has 0 atom stereocenters. The van der Waals surface area contributed by atoms with Crippen molar-refractivity contribution in [3.63, 3.8) is 0 Å². The zero-order valence-electron chi connectivity index (χ0n) is 10.9. The number of carbonyl (C=O) groups is 1. The van der Waals surface area contributed by atoms with Crippen LogP contribution in [0.4, 0.5) is 0 Å². The smallest absolute Gasteiger partial charge is 0.341 e. The first-order chi connectivity index (χ1) is 9.08. The summed E-state index contributed by atoms with van der Waals surface area (Å²) in [5.74, 6) is -0.845. The number of rotatable bonds is 4. The normalized spacial score (nSPS) is 10.2. The Morgan fingerprint density at radius 1 is 1.26 bits per heavy atom. The molecule has 0 saturated heterocycles. The molecule has 0 fully saturated rings. The first-order valence-corrected chi connectivity index (χ1v) is 5.96. The van der Waals surface area contributed by atoms with Crippen LogP contribution in [0.2, 0.25) is 0 Å². The van der Waals surface area contributed by atoms with E-state index in [1.807, 2.05) is 37.3 Å². The van der Waals surface area contributed by atoms with Crippen molar-refractivity contribution in [3.8, 4) is 5.88 Å². The average molecular weight is 257 g/mol. The van der Waals surface area contributed by atoms with Gasteiger partial charge in [-0.2, -0.15) is 0 Å². The Labute approximate surface area is 111 Å². The predicted molar refractivity (Wildman–Crippen MR) is 71.4 cm³/mol. The van der Waals surface area contributed by atoms with Gasteiger partial charge in [-0.15, -0.1) is 0 Å². The van der Waals surface area contributed by atoms with Crippen molar-refractivity contribution < 1.29 is 14.6 Å². The summed E-state index contributed by atoms with van der Waals surface area (Å²) in [7, 11) is 0. The lowest BCUT2D eigenvalue weighted by atomic mass is 10.1. The molecule has 1 heterocycles. The summed E-state index contributed by atoms with van der Waals surface area (Å²) < 4.78 is 5.55. The van der Waals surface area contributed by atoms with Gasteiger partial charge in [0.2, 0.25) is 5.88 Å². The fourth-order valence-electron chi connectivity index (χ4n) is 1.89. The molecule has 4 heteroatoms. The lowest BCUT2D eigenvalue weighted by Gasteiger charge is -2.11. The van der Waals surface area contributed by atoms with E-state index in [0.29, 0.717) is 12.2 Å². The second-order valence-corrected chi connectivity index (χ2v) is 4.34. The van der Waals surface area contributed by atoms with E-state index in [0.717, 1.165) is 11.3 Å².